The van der Waals surface area contributed by atoms with E-state index in [2.05, 4.69) is 32.1 Å². The highest BCUT2D eigenvalue weighted by Crippen LogP contribution is 2.33. The molecule has 7 nitrogen and oxygen atoms in total. The number of carbonyl (C=O) groups is 1. The molecule has 2 atom stereocenters. The fourth-order valence-electron chi connectivity index (χ4n) is 4.22. The number of alkyl halides is 3. The number of pyridine rings is 1. The molecule has 0 bridgehead atoms. The number of anilines is 3. The van der Waals surface area contributed by atoms with E-state index in [0.29, 0.717) is 19.1 Å². The van der Waals surface area contributed by atoms with Crippen molar-refractivity contribution in [2.24, 2.45) is 0 Å². The molecule has 2 unspecified atom stereocenters. The van der Waals surface area contributed by atoms with Gasteiger partial charge in [-0.25, -0.2) is 9.97 Å². The van der Waals surface area contributed by atoms with Gasteiger partial charge in [0.05, 0.1) is 11.3 Å². The van der Waals surface area contributed by atoms with Crippen LogP contribution in [0.1, 0.15) is 50.3 Å². The van der Waals surface area contributed by atoms with Crippen molar-refractivity contribution in [2.45, 2.75) is 51.2 Å². The van der Waals surface area contributed by atoms with Crippen LogP contribution in [-0.2, 0) is 11.0 Å². The summed E-state index contributed by atoms with van der Waals surface area (Å²) in [4.78, 5) is 28.9. The molecule has 1 N–H and O–H groups in total. The minimum Gasteiger partial charge on any atom is -0.354 e. The summed E-state index contributed by atoms with van der Waals surface area (Å²) in [5.41, 5.74) is -0.00948. The van der Waals surface area contributed by atoms with Crippen molar-refractivity contribution < 1.29 is 18.0 Å². The van der Waals surface area contributed by atoms with Crippen LogP contribution in [0.4, 0.5) is 30.8 Å². The van der Waals surface area contributed by atoms with Crippen LogP contribution in [0.25, 0.3) is 0 Å². The van der Waals surface area contributed by atoms with Crippen molar-refractivity contribution >= 4 is 23.5 Å². The maximum Gasteiger partial charge on any atom is 0.416 e. The average Bonchev–Trinajstić information content (AvgIpc) is 3.37. The van der Waals surface area contributed by atoms with Crippen molar-refractivity contribution in [3.05, 3.63) is 35.7 Å². The molecule has 2 aliphatic heterocycles. The van der Waals surface area contributed by atoms with Crippen LogP contribution in [0.3, 0.4) is 0 Å². The van der Waals surface area contributed by atoms with Crippen LogP contribution < -0.4 is 10.2 Å². The number of likely N-dealkylation sites (tertiary alicyclic amines) is 1. The smallest absolute Gasteiger partial charge is 0.354 e. The molecule has 166 valence electrons. The largest absolute Gasteiger partial charge is 0.416 e. The number of aromatic nitrogens is 3. The maximum atomic E-state index is 13.1. The van der Waals surface area contributed by atoms with Crippen LogP contribution >= 0.6 is 0 Å². The Bertz CT molecular complexity index is 966. The van der Waals surface area contributed by atoms with Gasteiger partial charge in [-0.05, 0) is 38.3 Å². The molecule has 2 aliphatic rings. The van der Waals surface area contributed by atoms with E-state index in [1.165, 1.54) is 0 Å². The molecule has 10 heteroatoms. The minimum atomic E-state index is -4.46. The Kier molecular flexibility index (Phi) is 5.72. The summed E-state index contributed by atoms with van der Waals surface area (Å²) in [6.45, 7) is 5.78. The van der Waals surface area contributed by atoms with Crippen molar-refractivity contribution in [1.82, 2.24) is 19.9 Å². The first-order chi connectivity index (χ1) is 14.7. The normalized spacial score (nSPS) is 21.6. The minimum absolute atomic E-state index is 0.0245. The number of hydrogen-bond donors (Lipinski definition) is 1. The Morgan fingerprint density at radius 3 is 2.65 bits per heavy atom. The summed E-state index contributed by atoms with van der Waals surface area (Å²) in [6.07, 6.45) is -0.454. The molecular weight excluding hydrogens is 409 g/mol. The van der Waals surface area contributed by atoms with Gasteiger partial charge in [-0.15, -0.1) is 0 Å². The molecule has 4 rings (SSSR count). The second-order valence-corrected chi connectivity index (χ2v) is 8.16. The van der Waals surface area contributed by atoms with Gasteiger partial charge < -0.3 is 15.1 Å². The third kappa shape index (κ3) is 4.72. The lowest BCUT2D eigenvalue weighted by atomic mass is 10.0. The molecule has 2 aromatic heterocycles. The van der Waals surface area contributed by atoms with E-state index < -0.39 is 11.7 Å². The van der Waals surface area contributed by atoms with Gasteiger partial charge in [0.2, 0.25) is 11.9 Å². The van der Waals surface area contributed by atoms with Crippen LogP contribution in [0, 0.1) is 0 Å². The molecule has 1 amide bonds. The molecule has 0 spiro atoms. The summed E-state index contributed by atoms with van der Waals surface area (Å²) in [5, 5.41) is 2.85. The quantitative estimate of drug-likeness (QED) is 0.785. The van der Waals surface area contributed by atoms with Crippen molar-refractivity contribution in [2.75, 3.05) is 29.9 Å². The predicted octanol–water partition coefficient (Wildman–Crippen LogP) is 3.96. The lowest BCUT2D eigenvalue weighted by molar-refractivity contribution is -0.137. The van der Waals surface area contributed by atoms with E-state index in [-0.39, 0.29) is 23.6 Å². The van der Waals surface area contributed by atoms with E-state index in [1.807, 2.05) is 6.07 Å². The number of amides is 1. The fraction of sp³-hybridized carbons (Fsp3) is 0.524. The highest BCUT2D eigenvalue weighted by atomic mass is 19.4. The van der Waals surface area contributed by atoms with Crippen molar-refractivity contribution in [3.63, 3.8) is 0 Å². The van der Waals surface area contributed by atoms with Crippen molar-refractivity contribution in [3.8, 4) is 0 Å². The lowest BCUT2D eigenvalue weighted by Gasteiger charge is -2.24. The number of halogens is 3. The Hall–Kier alpha value is -2.91. The Morgan fingerprint density at radius 2 is 2.00 bits per heavy atom. The monoisotopic (exact) mass is 434 g/mol. The zero-order chi connectivity index (χ0) is 22.2. The fourth-order valence-corrected chi connectivity index (χ4v) is 4.22. The molecule has 0 aromatic carbocycles. The van der Waals surface area contributed by atoms with E-state index in [4.69, 9.17) is 0 Å². The van der Waals surface area contributed by atoms with Gasteiger partial charge in [-0.3, -0.25) is 4.79 Å². The molecule has 0 radical (unpaired) electrons. The van der Waals surface area contributed by atoms with E-state index in [9.17, 15) is 18.0 Å². The zero-order valence-electron chi connectivity index (χ0n) is 17.5. The molecule has 2 saturated heterocycles. The van der Waals surface area contributed by atoms with E-state index in [1.54, 1.807) is 11.8 Å². The second-order valence-electron chi connectivity index (χ2n) is 8.16. The second kappa shape index (κ2) is 8.32. The van der Waals surface area contributed by atoms with Gasteiger partial charge in [-0.2, -0.15) is 18.2 Å². The highest BCUT2D eigenvalue weighted by molar-refractivity contribution is 5.73. The Morgan fingerprint density at radius 1 is 1.19 bits per heavy atom. The molecule has 31 heavy (non-hydrogen) atoms. The van der Waals surface area contributed by atoms with Crippen LogP contribution in [0.5, 0.6) is 0 Å². The first kappa shape index (κ1) is 21.3. The molecule has 2 fully saturated rings. The number of carbonyl (C=O) groups excluding carboxylic acids is 1. The molecular formula is C21H25F3N6O. The van der Waals surface area contributed by atoms with E-state index >= 15 is 0 Å². The number of nitrogens with one attached hydrogen (secondary N) is 1. The summed E-state index contributed by atoms with van der Waals surface area (Å²) >= 11 is 0. The molecule has 0 aliphatic carbocycles. The standard InChI is InChI=1S/C21H25F3N6O/c1-13-4-3-8-30(13)19-11-17(15-6-9-29(12-15)14(2)31)26-20(28-19)27-18-10-16(5-7-25-18)21(22,23)24/h5,7,10-11,13,15H,3-4,6,8-9,12H2,1-2H3,(H,25,26,27,28). The number of rotatable bonds is 4. The Labute approximate surface area is 178 Å². The topological polar surface area (TPSA) is 74.2 Å². The molecule has 4 heterocycles. The maximum absolute atomic E-state index is 13.1. The van der Waals surface area contributed by atoms with E-state index in [0.717, 1.165) is 55.6 Å². The average molecular weight is 434 g/mol. The Balaban J connectivity index is 1.66. The van der Waals surface area contributed by atoms with Gasteiger partial charge in [0.1, 0.15) is 11.6 Å². The van der Waals surface area contributed by atoms with Crippen molar-refractivity contribution in [1.29, 1.82) is 0 Å². The van der Waals surface area contributed by atoms with Gasteiger partial charge >= 0.3 is 6.18 Å². The van der Waals surface area contributed by atoms with Gasteiger partial charge in [0, 0.05) is 50.8 Å². The first-order valence-electron chi connectivity index (χ1n) is 10.4. The lowest BCUT2D eigenvalue weighted by Crippen LogP contribution is -2.28. The van der Waals surface area contributed by atoms with Gasteiger partial charge in [0.15, 0.2) is 0 Å². The van der Waals surface area contributed by atoms with Crippen LogP contribution in [-0.4, -0.2) is 51.4 Å². The summed E-state index contributed by atoms with van der Waals surface area (Å²) in [6, 6.07) is 4.14. The number of nitrogens with zero attached hydrogens (tertiary/aromatic N) is 5. The molecule has 2 aromatic rings. The SMILES string of the molecule is CC(=O)N1CCC(c2cc(N3CCCC3C)nc(Nc3cc(C(F)(F)F)ccn3)n2)C1. The van der Waals surface area contributed by atoms with Crippen LogP contribution in [0.15, 0.2) is 24.4 Å². The van der Waals surface area contributed by atoms with Crippen LogP contribution in [0.2, 0.25) is 0 Å². The zero-order valence-corrected chi connectivity index (χ0v) is 17.5. The van der Waals surface area contributed by atoms with Gasteiger partial charge in [0.25, 0.3) is 0 Å². The third-order valence-electron chi connectivity index (χ3n) is 5.96. The summed E-state index contributed by atoms with van der Waals surface area (Å²) in [5.74, 6) is 1.06. The van der Waals surface area contributed by atoms with Gasteiger partial charge in [-0.1, -0.05) is 0 Å². The number of hydrogen-bond acceptors (Lipinski definition) is 6. The predicted molar refractivity (Wildman–Crippen MR) is 110 cm³/mol. The molecule has 0 saturated carbocycles. The summed E-state index contributed by atoms with van der Waals surface area (Å²) < 4.78 is 39.2. The third-order valence-corrected chi connectivity index (χ3v) is 5.96. The highest BCUT2D eigenvalue weighted by Gasteiger charge is 2.31. The summed E-state index contributed by atoms with van der Waals surface area (Å²) in [7, 11) is 0. The first-order valence-corrected chi connectivity index (χ1v) is 10.4.